The summed E-state index contributed by atoms with van der Waals surface area (Å²) in [7, 11) is 0. The molecule has 0 amide bonds. The summed E-state index contributed by atoms with van der Waals surface area (Å²) in [5.41, 5.74) is 1.26. The lowest BCUT2D eigenvalue weighted by molar-refractivity contribution is 0.101. The molecule has 0 aliphatic rings. The average Bonchev–Trinajstić information content (AvgIpc) is 2.41. The predicted molar refractivity (Wildman–Crippen MR) is 75.5 cm³/mol. The van der Waals surface area contributed by atoms with E-state index >= 15 is 0 Å². The molecule has 0 saturated heterocycles. The highest BCUT2D eigenvalue weighted by Crippen LogP contribution is 2.24. The number of Topliss-reactive ketones (excluding diaryl/α,β-unsaturated/α-hetero) is 1. The molecule has 1 aromatic carbocycles. The molecule has 0 fully saturated rings. The van der Waals surface area contributed by atoms with E-state index in [-0.39, 0.29) is 22.7 Å². The molecule has 0 bridgehead atoms. The summed E-state index contributed by atoms with van der Waals surface area (Å²) in [6.45, 7) is 3.11. The SMILES string of the molecule is CC(=O)c1cc(C(=O)c2cc(Cl)ccc2O)cnc1C. The Morgan fingerprint density at radius 3 is 2.55 bits per heavy atom. The first kappa shape index (κ1) is 14.2. The molecule has 0 aliphatic carbocycles. The van der Waals surface area contributed by atoms with Gasteiger partial charge in [-0.2, -0.15) is 0 Å². The number of halogens is 1. The van der Waals surface area contributed by atoms with Crippen molar-refractivity contribution in [3.63, 3.8) is 0 Å². The lowest BCUT2D eigenvalue weighted by Crippen LogP contribution is -2.07. The van der Waals surface area contributed by atoms with Crippen molar-refractivity contribution in [3.8, 4) is 5.75 Å². The Balaban J connectivity index is 2.51. The topological polar surface area (TPSA) is 67.3 Å². The number of nitrogens with zero attached hydrogens (tertiary/aromatic N) is 1. The quantitative estimate of drug-likeness (QED) is 0.881. The van der Waals surface area contributed by atoms with Crippen LogP contribution in [0.25, 0.3) is 0 Å². The number of benzene rings is 1. The molecule has 2 rings (SSSR count). The van der Waals surface area contributed by atoms with E-state index in [1.165, 1.54) is 37.4 Å². The summed E-state index contributed by atoms with van der Waals surface area (Å²) in [5, 5.41) is 10.1. The van der Waals surface area contributed by atoms with Gasteiger partial charge >= 0.3 is 0 Å². The maximum absolute atomic E-state index is 12.3. The first-order chi connectivity index (χ1) is 9.40. The Morgan fingerprint density at radius 1 is 1.20 bits per heavy atom. The summed E-state index contributed by atoms with van der Waals surface area (Å²) in [6.07, 6.45) is 1.38. The second-order valence-electron chi connectivity index (χ2n) is 4.40. The zero-order valence-electron chi connectivity index (χ0n) is 11.0. The highest BCUT2D eigenvalue weighted by Gasteiger charge is 2.17. The number of ketones is 2. The lowest BCUT2D eigenvalue weighted by atomic mass is 10.0. The Labute approximate surface area is 121 Å². The van der Waals surface area contributed by atoms with E-state index in [9.17, 15) is 14.7 Å². The fourth-order valence-electron chi connectivity index (χ4n) is 1.86. The number of hydrogen-bond acceptors (Lipinski definition) is 4. The summed E-state index contributed by atoms with van der Waals surface area (Å²) >= 11 is 5.82. The third-order valence-electron chi connectivity index (χ3n) is 2.93. The molecule has 0 atom stereocenters. The van der Waals surface area contributed by atoms with Crippen LogP contribution in [0.3, 0.4) is 0 Å². The standard InChI is InChI=1S/C15H12ClNO3/c1-8-12(9(2)18)5-10(7-17-8)15(20)13-6-11(16)3-4-14(13)19/h3-7,19H,1-2H3. The van der Waals surface area contributed by atoms with Gasteiger partial charge in [-0.05, 0) is 38.1 Å². The molecule has 1 N–H and O–H groups in total. The third-order valence-corrected chi connectivity index (χ3v) is 3.17. The molecule has 1 aromatic heterocycles. The number of hydrogen-bond donors (Lipinski definition) is 1. The van der Waals surface area contributed by atoms with E-state index in [0.717, 1.165) is 0 Å². The van der Waals surface area contributed by atoms with Crippen LogP contribution in [-0.2, 0) is 0 Å². The van der Waals surface area contributed by atoms with Gasteiger partial charge in [0.2, 0.25) is 0 Å². The van der Waals surface area contributed by atoms with Crippen molar-refractivity contribution in [2.75, 3.05) is 0 Å². The number of pyridine rings is 1. The molecule has 20 heavy (non-hydrogen) atoms. The summed E-state index contributed by atoms with van der Waals surface area (Å²) in [4.78, 5) is 27.9. The van der Waals surface area contributed by atoms with Crippen molar-refractivity contribution >= 4 is 23.2 Å². The second kappa shape index (κ2) is 5.43. The molecular weight excluding hydrogens is 278 g/mol. The fraction of sp³-hybridized carbons (Fsp3) is 0.133. The van der Waals surface area contributed by atoms with Crippen LogP contribution in [0.1, 0.15) is 38.9 Å². The number of rotatable bonds is 3. The Kier molecular flexibility index (Phi) is 3.86. The van der Waals surface area contributed by atoms with E-state index in [2.05, 4.69) is 4.98 Å². The summed E-state index contributed by atoms with van der Waals surface area (Å²) in [5.74, 6) is -0.760. The van der Waals surface area contributed by atoms with Gasteiger partial charge in [-0.15, -0.1) is 0 Å². The van der Waals surface area contributed by atoms with Crippen LogP contribution >= 0.6 is 11.6 Å². The van der Waals surface area contributed by atoms with Gasteiger partial charge in [0.1, 0.15) is 5.75 Å². The van der Waals surface area contributed by atoms with Crippen LogP contribution in [0.2, 0.25) is 5.02 Å². The van der Waals surface area contributed by atoms with Gasteiger partial charge in [-0.3, -0.25) is 14.6 Å². The van der Waals surface area contributed by atoms with Crippen molar-refractivity contribution in [2.45, 2.75) is 13.8 Å². The number of phenols is 1. The molecule has 2 aromatic rings. The first-order valence-electron chi connectivity index (χ1n) is 5.91. The van der Waals surface area contributed by atoms with Crippen LogP contribution in [0, 0.1) is 6.92 Å². The van der Waals surface area contributed by atoms with Gasteiger partial charge in [0.25, 0.3) is 0 Å². The lowest BCUT2D eigenvalue weighted by Gasteiger charge is -2.07. The highest BCUT2D eigenvalue weighted by atomic mass is 35.5. The minimum atomic E-state index is -0.431. The van der Waals surface area contributed by atoms with Crippen LogP contribution in [-0.4, -0.2) is 21.7 Å². The van der Waals surface area contributed by atoms with Crippen LogP contribution < -0.4 is 0 Å². The molecule has 0 spiro atoms. The minimum absolute atomic E-state index is 0.0812. The van der Waals surface area contributed by atoms with E-state index in [1.54, 1.807) is 6.92 Å². The molecule has 0 radical (unpaired) electrons. The first-order valence-corrected chi connectivity index (χ1v) is 6.28. The summed E-state index contributed by atoms with van der Waals surface area (Å²) in [6, 6.07) is 5.70. The molecule has 0 aliphatic heterocycles. The zero-order chi connectivity index (χ0) is 14.9. The fourth-order valence-corrected chi connectivity index (χ4v) is 2.03. The second-order valence-corrected chi connectivity index (χ2v) is 4.84. The van der Waals surface area contributed by atoms with Gasteiger partial charge in [-0.25, -0.2) is 0 Å². The molecule has 1 heterocycles. The molecule has 0 saturated carbocycles. The largest absolute Gasteiger partial charge is 0.507 e. The Bertz CT molecular complexity index is 710. The van der Waals surface area contributed by atoms with Gasteiger partial charge in [0, 0.05) is 28.0 Å². The third kappa shape index (κ3) is 2.70. The average molecular weight is 290 g/mol. The number of carbonyl (C=O) groups is 2. The number of aryl methyl sites for hydroxylation is 1. The van der Waals surface area contributed by atoms with E-state index in [0.29, 0.717) is 16.3 Å². The zero-order valence-corrected chi connectivity index (χ0v) is 11.7. The number of aromatic nitrogens is 1. The van der Waals surface area contributed by atoms with Crippen LogP contribution in [0.5, 0.6) is 5.75 Å². The molecule has 0 unspecified atom stereocenters. The maximum atomic E-state index is 12.3. The molecule has 5 heteroatoms. The minimum Gasteiger partial charge on any atom is -0.507 e. The van der Waals surface area contributed by atoms with Crippen molar-refractivity contribution in [1.82, 2.24) is 4.98 Å². The summed E-state index contributed by atoms with van der Waals surface area (Å²) < 4.78 is 0. The van der Waals surface area contributed by atoms with Crippen molar-refractivity contribution in [3.05, 3.63) is 57.9 Å². The number of carbonyl (C=O) groups excluding carboxylic acids is 2. The number of phenolic OH excluding ortho intramolecular Hbond substituents is 1. The van der Waals surface area contributed by atoms with E-state index in [1.807, 2.05) is 0 Å². The van der Waals surface area contributed by atoms with Gasteiger partial charge in [0.05, 0.1) is 5.56 Å². The van der Waals surface area contributed by atoms with Crippen LogP contribution in [0.4, 0.5) is 0 Å². The monoisotopic (exact) mass is 289 g/mol. The van der Waals surface area contributed by atoms with Crippen molar-refractivity contribution in [2.24, 2.45) is 0 Å². The van der Waals surface area contributed by atoms with Crippen LogP contribution in [0.15, 0.2) is 30.5 Å². The smallest absolute Gasteiger partial charge is 0.198 e. The van der Waals surface area contributed by atoms with Crippen molar-refractivity contribution in [1.29, 1.82) is 0 Å². The van der Waals surface area contributed by atoms with Gasteiger partial charge < -0.3 is 5.11 Å². The normalized spacial score (nSPS) is 10.3. The molecule has 4 nitrogen and oxygen atoms in total. The van der Waals surface area contributed by atoms with E-state index in [4.69, 9.17) is 11.6 Å². The van der Waals surface area contributed by atoms with E-state index < -0.39 is 5.78 Å². The number of aromatic hydroxyl groups is 1. The molecular formula is C15H12ClNO3. The maximum Gasteiger partial charge on any atom is 0.198 e. The predicted octanol–water partition coefficient (Wildman–Crippen LogP) is 3.18. The van der Waals surface area contributed by atoms with Gasteiger partial charge in [0.15, 0.2) is 11.6 Å². The highest BCUT2D eigenvalue weighted by molar-refractivity contribution is 6.31. The van der Waals surface area contributed by atoms with Crippen molar-refractivity contribution < 1.29 is 14.7 Å². The van der Waals surface area contributed by atoms with Gasteiger partial charge in [-0.1, -0.05) is 11.6 Å². The Morgan fingerprint density at radius 2 is 1.90 bits per heavy atom. The Hall–Kier alpha value is -2.20. The molecule has 102 valence electrons.